The molecule has 0 unspecified atom stereocenters. The second kappa shape index (κ2) is 9.69. The monoisotopic (exact) mass is 492 g/mol. The van der Waals surface area contributed by atoms with Crippen LogP contribution in [-0.4, -0.2) is 41.1 Å². The number of hydrogen-bond donors (Lipinski definition) is 3. The first-order valence-corrected chi connectivity index (χ1v) is 12.6. The zero-order valence-corrected chi connectivity index (χ0v) is 21.0. The fourth-order valence-electron chi connectivity index (χ4n) is 7.28. The van der Waals surface area contributed by atoms with Gasteiger partial charge in [0.1, 0.15) is 12.1 Å². The lowest BCUT2D eigenvalue weighted by molar-refractivity contribution is -0.154. The Kier molecular flexibility index (Phi) is 6.97. The van der Waals surface area contributed by atoms with Gasteiger partial charge in [0.2, 0.25) is 6.41 Å². The summed E-state index contributed by atoms with van der Waals surface area (Å²) in [5, 5.41) is 13.5. The molecule has 2 saturated carbocycles. The van der Waals surface area contributed by atoms with Crippen molar-refractivity contribution >= 4 is 18.3 Å². The minimum atomic E-state index is -1.56. The molecule has 4 N–H and O–H groups in total. The van der Waals surface area contributed by atoms with E-state index in [2.05, 4.69) is 18.8 Å². The van der Waals surface area contributed by atoms with Crippen LogP contribution >= 0.6 is 0 Å². The molecule has 192 valence electrons. The molecule has 0 saturated heterocycles. The molecular weight excluding hydrogens is 456 g/mol. The van der Waals surface area contributed by atoms with Gasteiger partial charge in [-0.05, 0) is 55.6 Å². The molecule has 36 heavy (non-hydrogen) atoms. The predicted octanol–water partition coefficient (Wildman–Crippen LogP) is 3.55. The van der Waals surface area contributed by atoms with Crippen LogP contribution in [0.2, 0.25) is 0 Å². The Labute approximate surface area is 212 Å². The Balaban J connectivity index is 1.72. The SMILES string of the molecule is C=C1CC[C@H]2[C@@](C)(CC[C@@H]([C@](N)(Cc3ccccc3)C(=O)O)[C@@]2(C)NC=O)[C@@H]1/C=C/C1=CCOC1=O. The number of carbonyl (C=O) groups excluding carboxylic acids is 2. The third kappa shape index (κ3) is 4.30. The standard InChI is InChI=1S/C29H36N2O5/c1-19-9-12-23-27(2,22(19)11-10-21-14-16-36-25(21)33)15-13-24(28(23,3)31-18-32)29(30,26(34)35)17-20-7-5-4-6-8-20/h4-8,10-11,14,18,22-24H,1,9,12-13,15-17,30H2,2-3H3,(H,31,32)(H,34,35)/b11-10+/t22-,23+,24-,27+,28+,29-/m1/s1. The van der Waals surface area contributed by atoms with Gasteiger partial charge in [0.15, 0.2) is 0 Å². The van der Waals surface area contributed by atoms with Crippen LogP contribution in [0.1, 0.15) is 45.1 Å². The lowest BCUT2D eigenvalue weighted by atomic mass is 9.45. The smallest absolute Gasteiger partial charge is 0.338 e. The van der Waals surface area contributed by atoms with E-state index in [9.17, 15) is 19.5 Å². The molecule has 0 spiro atoms. The summed E-state index contributed by atoms with van der Waals surface area (Å²) in [6, 6.07) is 9.40. The maximum absolute atomic E-state index is 12.7. The second-order valence-electron chi connectivity index (χ2n) is 11.0. The van der Waals surface area contributed by atoms with Crippen molar-refractivity contribution in [2.24, 2.45) is 28.9 Å². The number of benzene rings is 1. The Morgan fingerprint density at radius 1 is 1.31 bits per heavy atom. The largest absolute Gasteiger partial charge is 0.480 e. The van der Waals surface area contributed by atoms with E-state index in [1.165, 1.54) is 0 Å². The van der Waals surface area contributed by atoms with E-state index in [-0.39, 0.29) is 36.2 Å². The Bertz CT molecular complexity index is 1110. The number of carboxylic acids is 1. The quantitative estimate of drug-likeness (QED) is 0.290. The number of aliphatic carboxylic acids is 1. The summed E-state index contributed by atoms with van der Waals surface area (Å²) in [6.07, 6.45) is 9.21. The molecule has 7 heteroatoms. The molecule has 7 nitrogen and oxygen atoms in total. The highest BCUT2D eigenvalue weighted by molar-refractivity contribution is 5.93. The Morgan fingerprint density at radius 3 is 2.64 bits per heavy atom. The fourth-order valence-corrected chi connectivity index (χ4v) is 7.28. The lowest BCUT2D eigenvalue weighted by Gasteiger charge is -2.62. The van der Waals surface area contributed by atoms with Crippen molar-refractivity contribution in [1.82, 2.24) is 5.32 Å². The van der Waals surface area contributed by atoms with Gasteiger partial charge in [-0.25, -0.2) is 4.79 Å². The highest BCUT2D eigenvalue weighted by atomic mass is 16.5. The van der Waals surface area contributed by atoms with Gasteiger partial charge in [-0.2, -0.15) is 0 Å². The molecule has 0 radical (unpaired) electrons. The zero-order valence-electron chi connectivity index (χ0n) is 21.0. The van der Waals surface area contributed by atoms with E-state index < -0.39 is 23.0 Å². The van der Waals surface area contributed by atoms with Crippen LogP contribution in [0.25, 0.3) is 0 Å². The Hall–Kier alpha value is -3.19. The van der Waals surface area contributed by atoms with E-state index in [0.717, 1.165) is 30.4 Å². The molecule has 2 aliphatic carbocycles. The van der Waals surface area contributed by atoms with Gasteiger partial charge in [0.05, 0.1) is 5.57 Å². The number of allylic oxidation sites excluding steroid dienone is 2. The van der Waals surface area contributed by atoms with Crippen LogP contribution in [0.15, 0.2) is 66.3 Å². The number of carboxylic acid groups (broad SMARTS) is 1. The average molecular weight is 493 g/mol. The number of carbonyl (C=O) groups is 3. The molecule has 1 aromatic carbocycles. The number of nitrogens with one attached hydrogen (secondary N) is 1. The molecule has 6 atom stereocenters. The summed E-state index contributed by atoms with van der Waals surface area (Å²) in [5.74, 6) is -1.97. The van der Waals surface area contributed by atoms with E-state index in [4.69, 9.17) is 10.5 Å². The summed E-state index contributed by atoms with van der Waals surface area (Å²) >= 11 is 0. The van der Waals surface area contributed by atoms with Crippen LogP contribution in [0, 0.1) is 23.2 Å². The van der Waals surface area contributed by atoms with Gasteiger partial charge in [-0.1, -0.05) is 61.6 Å². The molecule has 1 aromatic rings. The van der Waals surface area contributed by atoms with Gasteiger partial charge in [-0.3, -0.25) is 9.59 Å². The van der Waals surface area contributed by atoms with Crippen LogP contribution < -0.4 is 11.1 Å². The first kappa shape index (κ1) is 25.9. The van der Waals surface area contributed by atoms with Gasteiger partial charge in [0.25, 0.3) is 0 Å². The molecule has 0 bridgehead atoms. The number of nitrogens with two attached hydrogens (primary N) is 1. The zero-order chi connectivity index (χ0) is 26.1. The fraction of sp³-hybridized carbons (Fsp3) is 0.483. The van der Waals surface area contributed by atoms with Crippen molar-refractivity contribution in [3.63, 3.8) is 0 Å². The van der Waals surface area contributed by atoms with Gasteiger partial charge in [0, 0.05) is 23.8 Å². The number of fused-ring (bicyclic) bond motifs is 1. The molecule has 3 aliphatic rings. The van der Waals surface area contributed by atoms with E-state index >= 15 is 0 Å². The number of esters is 1. The highest BCUT2D eigenvalue weighted by Gasteiger charge is 2.63. The topological polar surface area (TPSA) is 119 Å². The molecule has 4 rings (SSSR count). The number of rotatable bonds is 8. The molecule has 1 heterocycles. The third-order valence-corrected chi connectivity index (χ3v) is 9.07. The van der Waals surface area contributed by atoms with E-state index in [1.807, 2.05) is 49.4 Å². The molecular formula is C29H36N2O5. The lowest BCUT2D eigenvalue weighted by Crippen LogP contribution is -2.72. The Morgan fingerprint density at radius 2 is 2.03 bits per heavy atom. The van der Waals surface area contributed by atoms with Crippen LogP contribution in [0.5, 0.6) is 0 Å². The first-order valence-electron chi connectivity index (χ1n) is 12.6. The normalized spacial score (nSPS) is 33.9. The minimum absolute atomic E-state index is 0.0367. The van der Waals surface area contributed by atoms with E-state index in [0.29, 0.717) is 18.4 Å². The number of ether oxygens (including phenoxy) is 1. The summed E-state index contributed by atoms with van der Waals surface area (Å²) < 4.78 is 5.03. The number of cyclic esters (lactones) is 1. The van der Waals surface area contributed by atoms with Crippen LogP contribution in [-0.2, 0) is 25.5 Å². The van der Waals surface area contributed by atoms with Crippen molar-refractivity contribution in [2.75, 3.05) is 6.61 Å². The van der Waals surface area contributed by atoms with Crippen molar-refractivity contribution < 1.29 is 24.2 Å². The van der Waals surface area contributed by atoms with Crippen molar-refractivity contribution in [2.45, 2.75) is 57.0 Å². The average Bonchev–Trinajstić information content (AvgIpc) is 3.23. The van der Waals surface area contributed by atoms with Crippen LogP contribution in [0.3, 0.4) is 0 Å². The van der Waals surface area contributed by atoms with Crippen molar-refractivity contribution in [1.29, 1.82) is 0 Å². The maximum atomic E-state index is 12.7. The predicted molar refractivity (Wildman–Crippen MR) is 137 cm³/mol. The first-order chi connectivity index (χ1) is 17.1. The van der Waals surface area contributed by atoms with Crippen LogP contribution in [0.4, 0.5) is 0 Å². The van der Waals surface area contributed by atoms with E-state index in [1.54, 1.807) is 6.08 Å². The number of amides is 1. The van der Waals surface area contributed by atoms with Crippen molar-refractivity contribution in [3.05, 3.63) is 71.8 Å². The molecule has 1 amide bonds. The summed E-state index contributed by atoms with van der Waals surface area (Å²) in [7, 11) is 0. The maximum Gasteiger partial charge on any atom is 0.338 e. The summed E-state index contributed by atoms with van der Waals surface area (Å²) in [4.78, 5) is 36.7. The molecule has 2 fully saturated rings. The van der Waals surface area contributed by atoms with Crippen molar-refractivity contribution in [3.8, 4) is 0 Å². The second-order valence-corrected chi connectivity index (χ2v) is 11.0. The van der Waals surface area contributed by atoms with Gasteiger partial charge < -0.3 is 20.9 Å². The highest BCUT2D eigenvalue weighted by Crippen LogP contribution is 2.61. The third-order valence-electron chi connectivity index (χ3n) is 9.07. The molecule has 1 aliphatic heterocycles. The van der Waals surface area contributed by atoms with Gasteiger partial charge >= 0.3 is 11.9 Å². The number of hydrogen-bond acceptors (Lipinski definition) is 5. The minimum Gasteiger partial charge on any atom is -0.480 e. The summed E-state index contributed by atoms with van der Waals surface area (Å²) in [5.41, 5.74) is 6.53. The summed E-state index contributed by atoms with van der Waals surface area (Å²) in [6.45, 7) is 8.77. The van der Waals surface area contributed by atoms with Gasteiger partial charge in [-0.15, -0.1) is 0 Å². The molecule has 0 aromatic heterocycles.